The van der Waals surface area contributed by atoms with Crippen molar-refractivity contribution in [1.82, 2.24) is 19.6 Å². The van der Waals surface area contributed by atoms with Crippen LogP contribution in [0.15, 0.2) is 47.0 Å². The Morgan fingerprint density at radius 3 is 2.96 bits per heavy atom. The number of halogens is 1. The lowest BCUT2D eigenvalue weighted by Crippen LogP contribution is -2.39. The average molecular weight is 469 g/mol. The van der Waals surface area contributed by atoms with Crippen LogP contribution < -0.4 is 5.32 Å². The summed E-state index contributed by atoms with van der Waals surface area (Å²) >= 11 is 1.80. The van der Waals surface area contributed by atoms with Crippen molar-refractivity contribution in [1.29, 1.82) is 0 Å². The number of nitrogens with one attached hydrogen (secondary N) is 1. The van der Waals surface area contributed by atoms with E-state index in [1.807, 2.05) is 17.6 Å². The molecule has 0 radical (unpaired) electrons. The Hall–Kier alpha value is -1.61. The van der Waals surface area contributed by atoms with Crippen LogP contribution >= 0.6 is 35.3 Å². The monoisotopic (exact) mass is 469 g/mol. The molecule has 3 aromatic heterocycles. The highest BCUT2D eigenvalue weighted by Crippen LogP contribution is 2.10. The van der Waals surface area contributed by atoms with E-state index in [4.69, 9.17) is 0 Å². The Morgan fingerprint density at radius 2 is 2.24 bits per heavy atom. The third-order valence-electron chi connectivity index (χ3n) is 3.94. The Bertz CT molecular complexity index is 825. The predicted octanol–water partition coefficient (Wildman–Crippen LogP) is 3.57. The van der Waals surface area contributed by atoms with Gasteiger partial charge >= 0.3 is 0 Å². The number of aryl methyl sites for hydroxylation is 1. The van der Waals surface area contributed by atoms with Crippen LogP contribution in [0.5, 0.6) is 0 Å². The zero-order valence-corrected chi connectivity index (χ0v) is 17.9. The lowest BCUT2D eigenvalue weighted by Gasteiger charge is -2.21. The highest BCUT2D eigenvalue weighted by Gasteiger charge is 2.08. The van der Waals surface area contributed by atoms with E-state index in [1.54, 1.807) is 11.3 Å². The molecule has 3 rings (SSSR count). The molecule has 0 unspecified atom stereocenters. The van der Waals surface area contributed by atoms with Gasteiger partial charge in [-0.2, -0.15) is 0 Å². The zero-order chi connectivity index (χ0) is 16.9. The van der Waals surface area contributed by atoms with Gasteiger partial charge in [-0.25, -0.2) is 4.98 Å². The Morgan fingerprint density at radius 1 is 1.40 bits per heavy atom. The first-order valence-corrected chi connectivity index (χ1v) is 8.92. The number of thiophene rings is 1. The molecule has 0 saturated carbocycles. The third kappa shape index (κ3) is 5.18. The summed E-state index contributed by atoms with van der Waals surface area (Å²) in [7, 11) is 3.88. The van der Waals surface area contributed by atoms with Crippen LogP contribution in [0.2, 0.25) is 0 Å². The fourth-order valence-corrected chi connectivity index (χ4v) is 3.31. The predicted molar refractivity (Wildman–Crippen MR) is 116 cm³/mol. The van der Waals surface area contributed by atoms with Crippen LogP contribution in [-0.2, 0) is 13.0 Å². The number of likely N-dealkylation sites (N-methyl/N-ethyl adjacent to an activating group) is 1. The molecule has 0 aliphatic heterocycles. The van der Waals surface area contributed by atoms with Gasteiger partial charge in [0.05, 0.1) is 12.2 Å². The number of aliphatic imine (C=N–C) groups is 1. The fourth-order valence-electron chi connectivity index (χ4n) is 2.61. The summed E-state index contributed by atoms with van der Waals surface area (Å²) in [5.74, 6) is 0.889. The molecule has 25 heavy (non-hydrogen) atoms. The number of hydrogen-bond acceptors (Lipinski definition) is 3. The number of guanidine groups is 1. The standard InChI is InChI=1S/C18H23N5S.HI/c1-14-6-9-23-13-15(21-17(23)11-14)12-20-18(19-2)22(3)8-7-16-5-4-10-24-16;/h4-6,9-11,13H,7-8,12H2,1-3H3,(H,19,20);1H. The first-order valence-electron chi connectivity index (χ1n) is 8.04. The maximum absolute atomic E-state index is 4.65. The number of rotatable bonds is 5. The minimum Gasteiger partial charge on any atom is -0.351 e. The second-order valence-electron chi connectivity index (χ2n) is 5.85. The minimum atomic E-state index is 0. The second kappa shape index (κ2) is 9.19. The third-order valence-corrected chi connectivity index (χ3v) is 4.88. The topological polar surface area (TPSA) is 44.9 Å². The average Bonchev–Trinajstić information content (AvgIpc) is 3.22. The Kier molecular flexibility index (Phi) is 7.24. The number of pyridine rings is 1. The second-order valence-corrected chi connectivity index (χ2v) is 6.89. The van der Waals surface area contributed by atoms with Gasteiger partial charge in [-0.3, -0.25) is 4.99 Å². The van der Waals surface area contributed by atoms with Crippen molar-refractivity contribution >= 4 is 46.9 Å². The summed E-state index contributed by atoms with van der Waals surface area (Å²) in [5.41, 5.74) is 3.21. The first kappa shape index (κ1) is 19.7. The SMILES string of the molecule is CN=C(NCc1cn2ccc(C)cc2n1)N(C)CCc1cccs1.I. The molecular formula is C18H24IN5S. The van der Waals surface area contributed by atoms with E-state index >= 15 is 0 Å². The number of hydrogen-bond donors (Lipinski definition) is 1. The number of fused-ring (bicyclic) bond motifs is 1. The van der Waals surface area contributed by atoms with Gasteiger partial charge in [0.25, 0.3) is 0 Å². The maximum Gasteiger partial charge on any atom is 0.193 e. The van der Waals surface area contributed by atoms with Gasteiger partial charge in [-0.15, -0.1) is 35.3 Å². The molecule has 0 aliphatic rings. The molecule has 0 aromatic carbocycles. The number of nitrogens with zero attached hydrogens (tertiary/aromatic N) is 4. The van der Waals surface area contributed by atoms with Gasteiger partial charge in [0.2, 0.25) is 0 Å². The van der Waals surface area contributed by atoms with E-state index in [0.29, 0.717) is 6.54 Å². The van der Waals surface area contributed by atoms with Crippen molar-refractivity contribution in [3.05, 3.63) is 58.2 Å². The van der Waals surface area contributed by atoms with Crippen molar-refractivity contribution in [3.8, 4) is 0 Å². The van der Waals surface area contributed by atoms with E-state index in [-0.39, 0.29) is 24.0 Å². The molecule has 5 nitrogen and oxygen atoms in total. The Labute approximate surface area is 169 Å². The molecule has 0 atom stereocenters. The summed E-state index contributed by atoms with van der Waals surface area (Å²) in [4.78, 5) is 12.6. The highest BCUT2D eigenvalue weighted by molar-refractivity contribution is 14.0. The van der Waals surface area contributed by atoms with Crippen LogP contribution in [0, 0.1) is 6.92 Å². The van der Waals surface area contributed by atoms with Crippen LogP contribution in [0.4, 0.5) is 0 Å². The van der Waals surface area contributed by atoms with E-state index in [2.05, 4.69) is 70.0 Å². The summed E-state index contributed by atoms with van der Waals surface area (Å²) in [5, 5.41) is 5.51. The normalized spacial score (nSPS) is 11.4. The molecule has 3 heterocycles. The summed E-state index contributed by atoms with van der Waals surface area (Å²) in [6.07, 6.45) is 5.13. The fraction of sp³-hybridized carbons (Fsp3) is 0.333. The molecule has 0 spiro atoms. The highest BCUT2D eigenvalue weighted by atomic mass is 127. The van der Waals surface area contributed by atoms with Crippen LogP contribution in [0.25, 0.3) is 5.65 Å². The van der Waals surface area contributed by atoms with E-state index < -0.39 is 0 Å². The van der Waals surface area contributed by atoms with Gasteiger partial charge in [0.15, 0.2) is 5.96 Å². The lowest BCUT2D eigenvalue weighted by molar-refractivity contribution is 0.486. The molecule has 0 amide bonds. The van der Waals surface area contributed by atoms with Gasteiger partial charge in [0, 0.05) is 37.9 Å². The molecule has 0 saturated heterocycles. The van der Waals surface area contributed by atoms with Gasteiger partial charge in [-0.1, -0.05) is 6.07 Å². The summed E-state index contributed by atoms with van der Waals surface area (Å²) < 4.78 is 2.05. The number of imidazole rings is 1. The van der Waals surface area contributed by atoms with E-state index in [9.17, 15) is 0 Å². The smallest absolute Gasteiger partial charge is 0.193 e. The molecule has 0 aliphatic carbocycles. The van der Waals surface area contributed by atoms with Crippen LogP contribution in [0.1, 0.15) is 16.1 Å². The van der Waals surface area contributed by atoms with Crippen molar-refractivity contribution < 1.29 is 0 Å². The molecule has 7 heteroatoms. The van der Waals surface area contributed by atoms with Crippen LogP contribution in [-0.4, -0.2) is 40.9 Å². The summed E-state index contributed by atoms with van der Waals surface area (Å²) in [6, 6.07) is 8.44. The lowest BCUT2D eigenvalue weighted by atomic mass is 10.3. The molecule has 0 fully saturated rings. The summed E-state index contributed by atoms with van der Waals surface area (Å²) in [6.45, 7) is 3.68. The molecule has 1 N–H and O–H groups in total. The zero-order valence-electron chi connectivity index (χ0n) is 14.8. The maximum atomic E-state index is 4.65. The largest absolute Gasteiger partial charge is 0.351 e. The van der Waals surface area contributed by atoms with E-state index in [1.165, 1.54) is 10.4 Å². The quantitative estimate of drug-likeness (QED) is 0.353. The first-order chi connectivity index (χ1) is 11.7. The molecular weight excluding hydrogens is 445 g/mol. The van der Waals surface area contributed by atoms with Gasteiger partial charge in [0.1, 0.15) is 5.65 Å². The Balaban J connectivity index is 0.00000225. The van der Waals surface area contributed by atoms with Gasteiger partial charge in [-0.05, 0) is 42.5 Å². The van der Waals surface area contributed by atoms with Crippen molar-refractivity contribution in [3.63, 3.8) is 0 Å². The van der Waals surface area contributed by atoms with E-state index in [0.717, 1.165) is 30.3 Å². The molecule has 3 aromatic rings. The van der Waals surface area contributed by atoms with Crippen molar-refractivity contribution in [2.75, 3.05) is 20.6 Å². The molecule has 134 valence electrons. The van der Waals surface area contributed by atoms with Crippen molar-refractivity contribution in [2.45, 2.75) is 19.9 Å². The number of aromatic nitrogens is 2. The van der Waals surface area contributed by atoms with Crippen LogP contribution in [0.3, 0.4) is 0 Å². The van der Waals surface area contributed by atoms with Gasteiger partial charge < -0.3 is 14.6 Å². The van der Waals surface area contributed by atoms with Crippen molar-refractivity contribution in [2.24, 2.45) is 4.99 Å². The minimum absolute atomic E-state index is 0. The molecule has 0 bridgehead atoms.